The Hall–Kier alpha value is -2.01. The quantitative estimate of drug-likeness (QED) is 0.938. The number of halogens is 1. The number of rotatable bonds is 4. The highest BCUT2D eigenvalue weighted by atomic mass is 35.5. The van der Waals surface area contributed by atoms with Crippen molar-refractivity contribution < 1.29 is 9.47 Å². The summed E-state index contributed by atoms with van der Waals surface area (Å²) in [6.45, 7) is 3.87. The van der Waals surface area contributed by atoms with Crippen LogP contribution in [0.1, 0.15) is 11.4 Å². The molecule has 1 N–H and O–H groups in total. The normalized spacial score (nSPS) is 9.60. The van der Waals surface area contributed by atoms with E-state index in [1.807, 2.05) is 38.1 Å². The third-order valence-corrected chi connectivity index (χ3v) is 2.64. The fraction of sp³-hybridized carbons (Fsp3) is 0.286. The van der Waals surface area contributed by atoms with Crippen LogP contribution in [0, 0.1) is 13.8 Å². The number of anilines is 2. The Bertz CT molecular complexity index is 570. The molecule has 0 bridgehead atoms. The summed E-state index contributed by atoms with van der Waals surface area (Å²) in [7, 11) is 3.24. The molecule has 0 radical (unpaired) electrons. The summed E-state index contributed by atoms with van der Waals surface area (Å²) in [6, 6.07) is 7.45. The molecule has 0 aliphatic rings. The van der Waals surface area contributed by atoms with Crippen LogP contribution in [0.25, 0.3) is 0 Å². The van der Waals surface area contributed by atoms with Gasteiger partial charge in [-0.15, -0.1) is 12.4 Å². The number of ether oxygens (including phenoxy) is 2. The summed E-state index contributed by atoms with van der Waals surface area (Å²) >= 11 is 0. The molecule has 6 heteroatoms. The lowest BCUT2D eigenvalue weighted by atomic mass is 10.2. The number of nitrogens with one attached hydrogen (secondary N) is 1. The highest BCUT2D eigenvalue weighted by Crippen LogP contribution is 2.30. The SMILES string of the molecule is COc1ccc(OC)c(Nc2nc(C)cc(C)n2)c1.Cl. The van der Waals surface area contributed by atoms with E-state index in [-0.39, 0.29) is 12.4 Å². The van der Waals surface area contributed by atoms with Crippen molar-refractivity contribution in [2.24, 2.45) is 0 Å². The molecule has 1 aromatic heterocycles. The minimum atomic E-state index is 0. The Morgan fingerprint density at radius 2 is 1.60 bits per heavy atom. The lowest BCUT2D eigenvalue weighted by Gasteiger charge is -2.12. The van der Waals surface area contributed by atoms with E-state index in [9.17, 15) is 0 Å². The average Bonchev–Trinajstić information content (AvgIpc) is 2.37. The minimum absolute atomic E-state index is 0. The van der Waals surface area contributed by atoms with Crippen molar-refractivity contribution >= 4 is 24.0 Å². The van der Waals surface area contributed by atoms with Gasteiger partial charge in [-0.3, -0.25) is 0 Å². The summed E-state index contributed by atoms with van der Waals surface area (Å²) < 4.78 is 10.5. The molecule has 20 heavy (non-hydrogen) atoms. The van der Waals surface area contributed by atoms with Crippen molar-refractivity contribution in [1.29, 1.82) is 0 Å². The van der Waals surface area contributed by atoms with Gasteiger partial charge in [0, 0.05) is 17.5 Å². The molecule has 0 atom stereocenters. The largest absolute Gasteiger partial charge is 0.497 e. The van der Waals surface area contributed by atoms with Gasteiger partial charge in [0.05, 0.1) is 19.9 Å². The number of hydrogen-bond acceptors (Lipinski definition) is 5. The average molecular weight is 296 g/mol. The van der Waals surface area contributed by atoms with Gasteiger partial charge in [-0.05, 0) is 32.0 Å². The zero-order chi connectivity index (χ0) is 13.8. The summed E-state index contributed by atoms with van der Waals surface area (Å²) in [5.41, 5.74) is 2.60. The molecule has 0 spiro atoms. The van der Waals surface area contributed by atoms with Gasteiger partial charge in [-0.2, -0.15) is 0 Å². The Balaban J connectivity index is 0.00000200. The van der Waals surface area contributed by atoms with Gasteiger partial charge in [0.1, 0.15) is 11.5 Å². The molecule has 0 aliphatic carbocycles. The molecule has 2 rings (SSSR count). The molecule has 5 nitrogen and oxygen atoms in total. The summed E-state index contributed by atoms with van der Waals surface area (Å²) in [5, 5.41) is 3.15. The van der Waals surface area contributed by atoms with E-state index in [2.05, 4.69) is 15.3 Å². The number of methoxy groups -OCH3 is 2. The van der Waals surface area contributed by atoms with Gasteiger partial charge in [0.25, 0.3) is 0 Å². The maximum absolute atomic E-state index is 5.30. The smallest absolute Gasteiger partial charge is 0.227 e. The van der Waals surface area contributed by atoms with Crippen molar-refractivity contribution in [2.45, 2.75) is 13.8 Å². The Morgan fingerprint density at radius 1 is 0.950 bits per heavy atom. The Labute approximate surface area is 124 Å². The minimum Gasteiger partial charge on any atom is -0.497 e. The second-order valence-electron chi connectivity index (χ2n) is 4.17. The zero-order valence-corrected chi connectivity index (χ0v) is 12.7. The van der Waals surface area contributed by atoms with Crippen LogP contribution in [-0.4, -0.2) is 24.2 Å². The van der Waals surface area contributed by atoms with Crippen molar-refractivity contribution in [3.63, 3.8) is 0 Å². The fourth-order valence-corrected chi connectivity index (χ4v) is 1.81. The fourth-order valence-electron chi connectivity index (χ4n) is 1.81. The molecule has 1 aromatic carbocycles. The van der Waals surface area contributed by atoms with Gasteiger partial charge in [-0.25, -0.2) is 9.97 Å². The molecule has 108 valence electrons. The third kappa shape index (κ3) is 3.74. The number of aryl methyl sites for hydroxylation is 2. The first kappa shape index (κ1) is 16.0. The molecule has 0 amide bonds. The van der Waals surface area contributed by atoms with E-state index in [1.54, 1.807) is 14.2 Å². The van der Waals surface area contributed by atoms with E-state index in [0.29, 0.717) is 11.7 Å². The van der Waals surface area contributed by atoms with Crippen LogP contribution in [0.2, 0.25) is 0 Å². The van der Waals surface area contributed by atoms with Crippen molar-refractivity contribution in [3.05, 3.63) is 35.7 Å². The molecule has 2 aromatic rings. The summed E-state index contributed by atoms with van der Waals surface area (Å²) in [4.78, 5) is 8.68. The van der Waals surface area contributed by atoms with Crippen LogP contribution in [0.4, 0.5) is 11.6 Å². The second kappa shape index (κ2) is 6.96. The molecule has 0 aliphatic heterocycles. The molecule has 0 saturated heterocycles. The monoisotopic (exact) mass is 295 g/mol. The van der Waals surface area contributed by atoms with E-state index in [0.717, 1.165) is 22.8 Å². The van der Waals surface area contributed by atoms with Crippen LogP contribution < -0.4 is 14.8 Å². The predicted octanol–water partition coefficient (Wildman–Crippen LogP) is 3.28. The molecular formula is C14H18ClN3O2. The maximum atomic E-state index is 5.30. The predicted molar refractivity (Wildman–Crippen MR) is 81.6 cm³/mol. The van der Waals surface area contributed by atoms with Crippen molar-refractivity contribution in [1.82, 2.24) is 9.97 Å². The van der Waals surface area contributed by atoms with Crippen LogP contribution in [0.15, 0.2) is 24.3 Å². The Morgan fingerprint density at radius 3 is 2.15 bits per heavy atom. The van der Waals surface area contributed by atoms with E-state index in [1.165, 1.54) is 0 Å². The van der Waals surface area contributed by atoms with Crippen molar-refractivity contribution in [2.75, 3.05) is 19.5 Å². The molecule has 0 unspecified atom stereocenters. The molecule has 0 saturated carbocycles. The van der Waals surface area contributed by atoms with E-state index in [4.69, 9.17) is 9.47 Å². The Kier molecular flexibility index (Phi) is 5.58. The second-order valence-corrected chi connectivity index (χ2v) is 4.17. The first-order valence-corrected chi connectivity index (χ1v) is 5.93. The van der Waals surface area contributed by atoms with Gasteiger partial charge in [0.2, 0.25) is 5.95 Å². The van der Waals surface area contributed by atoms with Crippen LogP contribution in [0.3, 0.4) is 0 Å². The lowest BCUT2D eigenvalue weighted by molar-refractivity contribution is 0.405. The van der Waals surface area contributed by atoms with Gasteiger partial charge in [-0.1, -0.05) is 0 Å². The highest BCUT2D eigenvalue weighted by Gasteiger charge is 2.07. The molecular weight excluding hydrogens is 278 g/mol. The number of benzene rings is 1. The maximum Gasteiger partial charge on any atom is 0.227 e. The van der Waals surface area contributed by atoms with Crippen LogP contribution >= 0.6 is 12.4 Å². The number of hydrogen-bond donors (Lipinski definition) is 1. The van der Waals surface area contributed by atoms with E-state index < -0.39 is 0 Å². The molecule has 1 heterocycles. The van der Waals surface area contributed by atoms with Crippen LogP contribution in [0.5, 0.6) is 11.5 Å². The van der Waals surface area contributed by atoms with Gasteiger partial charge >= 0.3 is 0 Å². The zero-order valence-electron chi connectivity index (χ0n) is 11.9. The lowest BCUT2D eigenvalue weighted by Crippen LogP contribution is -2.01. The third-order valence-electron chi connectivity index (χ3n) is 2.64. The summed E-state index contributed by atoms with van der Waals surface area (Å²) in [5.74, 6) is 2.00. The van der Waals surface area contributed by atoms with E-state index >= 15 is 0 Å². The van der Waals surface area contributed by atoms with Crippen LogP contribution in [-0.2, 0) is 0 Å². The molecule has 0 fully saturated rings. The summed E-state index contributed by atoms with van der Waals surface area (Å²) in [6.07, 6.45) is 0. The number of nitrogens with zero attached hydrogens (tertiary/aromatic N) is 2. The highest BCUT2D eigenvalue weighted by molar-refractivity contribution is 5.85. The van der Waals surface area contributed by atoms with Gasteiger partial charge < -0.3 is 14.8 Å². The van der Waals surface area contributed by atoms with Crippen molar-refractivity contribution in [3.8, 4) is 11.5 Å². The number of aromatic nitrogens is 2. The first-order valence-electron chi connectivity index (χ1n) is 5.93. The first-order chi connectivity index (χ1) is 9.12. The topological polar surface area (TPSA) is 56.3 Å². The standard InChI is InChI=1S/C14H17N3O2.ClH/c1-9-7-10(2)16-14(15-9)17-12-8-11(18-3)5-6-13(12)19-4;/h5-8H,1-4H3,(H,15,16,17);1H. The van der Waals surface area contributed by atoms with Gasteiger partial charge in [0.15, 0.2) is 0 Å².